The Bertz CT molecular complexity index is 385. The highest BCUT2D eigenvalue weighted by Crippen LogP contribution is 2.15. The lowest BCUT2D eigenvalue weighted by atomic mass is 10.0. The summed E-state index contributed by atoms with van der Waals surface area (Å²) < 4.78 is 5.32. The van der Waals surface area contributed by atoms with Crippen LogP contribution in [0.25, 0.3) is 0 Å². The monoisotopic (exact) mass is 467 g/mol. The molecule has 0 aliphatic rings. The van der Waals surface area contributed by atoms with Gasteiger partial charge < -0.3 is 10.5 Å². The summed E-state index contributed by atoms with van der Waals surface area (Å²) in [4.78, 5) is 11.7. The Morgan fingerprint density at radius 2 is 0.909 bits per heavy atom. The van der Waals surface area contributed by atoms with Crippen molar-refractivity contribution in [1.29, 1.82) is 0 Å². The van der Waals surface area contributed by atoms with Crippen LogP contribution in [0.15, 0.2) is 0 Å². The van der Waals surface area contributed by atoms with E-state index in [2.05, 4.69) is 13.8 Å². The minimum absolute atomic E-state index is 0.00175. The summed E-state index contributed by atoms with van der Waals surface area (Å²) in [5.74, 6) is 0.00175. The first-order valence-electron chi connectivity index (χ1n) is 15.1. The lowest BCUT2D eigenvalue weighted by Crippen LogP contribution is -2.19. The van der Waals surface area contributed by atoms with Gasteiger partial charge in [0.05, 0.1) is 6.61 Å². The first-order valence-corrected chi connectivity index (χ1v) is 15.1. The molecule has 0 aliphatic heterocycles. The molecule has 0 aliphatic carbocycles. The number of rotatable bonds is 27. The standard InChI is InChI=1S/C30H61NO2/c1-3-5-7-9-10-11-12-14-17-21-25-29(31)26-22-18-15-13-16-19-23-27-30(32)33-28-24-20-8-6-4-2/h29H,3-28,31H2,1-2H3. The molecule has 0 amide bonds. The van der Waals surface area contributed by atoms with Crippen LogP contribution < -0.4 is 5.73 Å². The van der Waals surface area contributed by atoms with Crippen molar-refractivity contribution >= 4 is 5.97 Å². The average molecular weight is 468 g/mol. The van der Waals surface area contributed by atoms with Gasteiger partial charge in [0, 0.05) is 12.5 Å². The molecule has 1 atom stereocenters. The molecule has 3 nitrogen and oxygen atoms in total. The topological polar surface area (TPSA) is 52.3 Å². The Hall–Kier alpha value is -0.570. The van der Waals surface area contributed by atoms with Gasteiger partial charge in [0.1, 0.15) is 0 Å². The molecule has 0 radical (unpaired) electrons. The van der Waals surface area contributed by atoms with E-state index < -0.39 is 0 Å². The van der Waals surface area contributed by atoms with Crippen LogP contribution in [0.5, 0.6) is 0 Å². The number of unbranched alkanes of at least 4 members (excludes halogenated alkanes) is 19. The zero-order valence-corrected chi connectivity index (χ0v) is 22.9. The quantitative estimate of drug-likeness (QED) is 0.0966. The highest BCUT2D eigenvalue weighted by Gasteiger charge is 2.04. The summed E-state index contributed by atoms with van der Waals surface area (Å²) in [6.45, 7) is 5.12. The van der Waals surface area contributed by atoms with Crippen LogP contribution in [0, 0.1) is 0 Å². The van der Waals surface area contributed by atoms with E-state index in [0.717, 1.165) is 19.3 Å². The second-order valence-electron chi connectivity index (χ2n) is 10.4. The number of hydrogen-bond donors (Lipinski definition) is 1. The van der Waals surface area contributed by atoms with Crippen molar-refractivity contribution in [2.24, 2.45) is 5.73 Å². The van der Waals surface area contributed by atoms with Gasteiger partial charge in [-0.3, -0.25) is 4.79 Å². The molecule has 0 rings (SSSR count). The van der Waals surface area contributed by atoms with Crippen LogP contribution in [0.1, 0.15) is 174 Å². The van der Waals surface area contributed by atoms with E-state index in [1.807, 2.05) is 0 Å². The summed E-state index contributed by atoms with van der Waals surface area (Å²) in [6, 6.07) is 0.414. The second-order valence-corrected chi connectivity index (χ2v) is 10.4. The molecule has 198 valence electrons. The molecule has 0 fully saturated rings. The summed E-state index contributed by atoms with van der Waals surface area (Å²) in [5, 5.41) is 0. The Morgan fingerprint density at radius 3 is 1.36 bits per heavy atom. The largest absolute Gasteiger partial charge is 0.466 e. The van der Waals surface area contributed by atoms with Crippen LogP contribution in [0.3, 0.4) is 0 Å². The normalized spacial score (nSPS) is 12.2. The van der Waals surface area contributed by atoms with Crippen molar-refractivity contribution < 1.29 is 9.53 Å². The van der Waals surface area contributed by atoms with Crippen molar-refractivity contribution in [2.45, 2.75) is 180 Å². The minimum Gasteiger partial charge on any atom is -0.466 e. The van der Waals surface area contributed by atoms with Crippen molar-refractivity contribution in [3.8, 4) is 0 Å². The van der Waals surface area contributed by atoms with E-state index >= 15 is 0 Å². The molecule has 0 spiro atoms. The van der Waals surface area contributed by atoms with E-state index in [4.69, 9.17) is 10.5 Å². The van der Waals surface area contributed by atoms with Crippen molar-refractivity contribution in [3.63, 3.8) is 0 Å². The summed E-state index contributed by atoms with van der Waals surface area (Å²) in [6.07, 6.45) is 31.6. The number of ether oxygens (including phenoxy) is 1. The smallest absolute Gasteiger partial charge is 0.305 e. The van der Waals surface area contributed by atoms with Gasteiger partial charge in [-0.1, -0.05) is 142 Å². The van der Waals surface area contributed by atoms with Crippen LogP contribution in [-0.2, 0) is 9.53 Å². The lowest BCUT2D eigenvalue weighted by molar-refractivity contribution is -0.143. The Balaban J connectivity index is 3.23. The molecule has 33 heavy (non-hydrogen) atoms. The SMILES string of the molecule is CCCCCCCCCCCCC(N)CCCCCCCCCC(=O)OCCCCCCC. The molecule has 0 heterocycles. The number of carbonyl (C=O) groups is 1. The molecule has 0 bridgehead atoms. The van der Waals surface area contributed by atoms with E-state index in [1.165, 1.54) is 135 Å². The van der Waals surface area contributed by atoms with Gasteiger partial charge in [-0.15, -0.1) is 0 Å². The van der Waals surface area contributed by atoms with Crippen LogP contribution >= 0.6 is 0 Å². The Morgan fingerprint density at radius 1 is 0.545 bits per heavy atom. The summed E-state index contributed by atoms with van der Waals surface area (Å²) >= 11 is 0. The van der Waals surface area contributed by atoms with E-state index in [9.17, 15) is 4.79 Å². The van der Waals surface area contributed by atoms with Crippen molar-refractivity contribution in [3.05, 3.63) is 0 Å². The van der Waals surface area contributed by atoms with Gasteiger partial charge in [-0.25, -0.2) is 0 Å². The number of carbonyl (C=O) groups excluding carboxylic acids is 1. The molecule has 2 N–H and O–H groups in total. The molecule has 0 aromatic carbocycles. The molecule has 0 saturated heterocycles. The maximum atomic E-state index is 11.7. The number of hydrogen-bond acceptors (Lipinski definition) is 3. The fourth-order valence-electron chi connectivity index (χ4n) is 4.56. The van der Waals surface area contributed by atoms with Crippen LogP contribution in [0.2, 0.25) is 0 Å². The summed E-state index contributed by atoms with van der Waals surface area (Å²) in [7, 11) is 0. The van der Waals surface area contributed by atoms with Crippen LogP contribution in [-0.4, -0.2) is 18.6 Å². The molecule has 1 unspecified atom stereocenters. The zero-order chi connectivity index (χ0) is 24.2. The van der Waals surface area contributed by atoms with Crippen molar-refractivity contribution in [2.75, 3.05) is 6.61 Å². The van der Waals surface area contributed by atoms with Crippen molar-refractivity contribution in [1.82, 2.24) is 0 Å². The maximum absolute atomic E-state index is 11.7. The van der Waals surface area contributed by atoms with Gasteiger partial charge in [-0.2, -0.15) is 0 Å². The number of nitrogens with two attached hydrogens (primary N) is 1. The predicted octanol–water partition coefficient (Wildman–Crippen LogP) is 9.65. The van der Waals surface area contributed by atoms with Gasteiger partial charge in [0.25, 0.3) is 0 Å². The Labute approximate surface area is 208 Å². The third-order valence-corrected chi connectivity index (χ3v) is 6.90. The van der Waals surface area contributed by atoms with Gasteiger partial charge in [0.15, 0.2) is 0 Å². The lowest BCUT2D eigenvalue weighted by Gasteiger charge is -2.11. The minimum atomic E-state index is 0.00175. The zero-order valence-electron chi connectivity index (χ0n) is 22.9. The van der Waals surface area contributed by atoms with E-state index in [0.29, 0.717) is 19.1 Å². The van der Waals surface area contributed by atoms with E-state index in [-0.39, 0.29) is 5.97 Å². The second kappa shape index (κ2) is 27.7. The molecule has 3 heteroatoms. The van der Waals surface area contributed by atoms with Crippen LogP contribution in [0.4, 0.5) is 0 Å². The third-order valence-electron chi connectivity index (χ3n) is 6.90. The fourth-order valence-corrected chi connectivity index (χ4v) is 4.56. The molecular weight excluding hydrogens is 406 g/mol. The third kappa shape index (κ3) is 27.6. The first-order chi connectivity index (χ1) is 16.2. The molecule has 0 saturated carbocycles. The average Bonchev–Trinajstić information content (AvgIpc) is 2.81. The molecule has 0 aromatic heterocycles. The predicted molar refractivity (Wildman–Crippen MR) is 146 cm³/mol. The maximum Gasteiger partial charge on any atom is 0.305 e. The van der Waals surface area contributed by atoms with Gasteiger partial charge in [-0.05, 0) is 25.7 Å². The fraction of sp³-hybridized carbons (Fsp3) is 0.967. The highest BCUT2D eigenvalue weighted by atomic mass is 16.5. The van der Waals surface area contributed by atoms with Gasteiger partial charge in [0.2, 0.25) is 0 Å². The first kappa shape index (κ1) is 32.4. The Kier molecular flexibility index (Phi) is 27.2. The van der Waals surface area contributed by atoms with E-state index in [1.54, 1.807) is 0 Å². The molecular formula is C30H61NO2. The molecule has 0 aromatic rings. The van der Waals surface area contributed by atoms with Gasteiger partial charge >= 0.3 is 5.97 Å². The number of esters is 1. The summed E-state index contributed by atoms with van der Waals surface area (Å²) in [5.41, 5.74) is 6.31. The highest BCUT2D eigenvalue weighted by molar-refractivity contribution is 5.69.